The summed E-state index contributed by atoms with van der Waals surface area (Å²) in [5, 5.41) is 15.6. The molecule has 4 aromatic rings. The molecule has 2 aromatic carbocycles. The van der Waals surface area contributed by atoms with Crippen molar-refractivity contribution in [1.82, 2.24) is 4.98 Å². The third kappa shape index (κ3) is 3.92. The lowest BCUT2D eigenvalue weighted by atomic mass is 9.94. The van der Waals surface area contributed by atoms with Crippen LogP contribution in [0.4, 0.5) is 5.82 Å². The van der Waals surface area contributed by atoms with Gasteiger partial charge in [0.25, 0.3) is 5.82 Å². The van der Waals surface area contributed by atoms with Crippen molar-refractivity contribution >= 4 is 16.7 Å². The Labute approximate surface area is 176 Å². The molecule has 0 unspecified atom stereocenters. The van der Waals surface area contributed by atoms with Crippen LogP contribution in [-0.4, -0.2) is 16.7 Å². The summed E-state index contributed by atoms with van der Waals surface area (Å²) in [6.07, 6.45) is 1.87. The van der Waals surface area contributed by atoms with Crippen molar-refractivity contribution in [2.45, 2.75) is 26.8 Å². The maximum absolute atomic E-state index is 11.2. The molecule has 0 aliphatic rings. The number of fused-ring (bicyclic) bond motifs is 1. The number of aromatic nitrogens is 2. The Kier molecular flexibility index (Phi) is 5.53. The van der Waals surface area contributed by atoms with E-state index >= 15 is 0 Å². The van der Waals surface area contributed by atoms with Gasteiger partial charge in [0.15, 0.2) is 0 Å². The Morgan fingerprint density at radius 3 is 2.63 bits per heavy atom. The fraction of sp³-hybridized carbons (Fsp3) is 0.200. The zero-order chi connectivity index (χ0) is 21.1. The fourth-order valence-corrected chi connectivity index (χ4v) is 3.67. The van der Waals surface area contributed by atoms with E-state index in [2.05, 4.69) is 21.4 Å². The molecule has 5 heteroatoms. The highest BCUT2D eigenvalue weighted by molar-refractivity contribution is 5.86. The van der Waals surface area contributed by atoms with E-state index in [1.165, 1.54) is 0 Å². The van der Waals surface area contributed by atoms with Crippen LogP contribution >= 0.6 is 0 Å². The molecule has 0 aliphatic heterocycles. The number of hydrogen-bond acceptors (Lipinski definition) is 4. The van der Waals surface area contributed by atoms with Gasteiger partial charge >= 0.3 is 0 Å². The monoisotopic (exact) mass is 400 g/mol. The molecule has 0 fully saturated rings. The fourth-order valence-electron chi connectivity index (χ4n) is 3.67. The normalized spacial score (nSPS) is 12.0. The molecule has 1 atom stereocenters. The molecule has 30 heavy (non-hydrogen) atoms. The summed E-state index contributed by atoms with van der Waals surface area (Å²) < 4.78 is 5.70. The number of benzene rings is 2. The molecule has 0 saturated carbocycles. The first-order valence-electron chi connectivity index (χ1n) is 10.1. The lowest BCUT2D eigenvalue weighted by Gasteiger charge is -2.19. The number of nitrogens with zero attached hydrogens (tertiary/aromatic N) is 1. The number of phenolic OH excluding ortho intramolecular Hbond substituents is 1. The van der Waals surface area contributed by atoms with Gasteiger partial charge in [-0.05, 0) is 56.7 Å². The highest BCUT2D eigenvalue weighted by Gasteiger charge is 2.25. The second kappa shape index (κ2) is 8.41. The minimum atomic E-state index is -0.273. The number of nitrogens with one attached hydrogen (secondary N) is 2. The van der Waals surface area contributed by atoms with Crippen molar-refractivity contribution in [3.8, 4) is 11.5 Å². The van der Waals surface area contributed by atoms with Gasteiger partial charge in [0, 0.05) is 28.3 Å². The van der Waals surface area contributed by atoms with Gasteiger partial charge in [0.1, 0.15) is 23.1 Å². The molecule has 0 bridgehead atoms. The van der Waals surface area contributed by atoms with E-state index in [0.29, 0.717) is 12.1 Å². The SMILES string of the molecule is CCOc1ccc([C@H](Nc2cccc[nH+]2)c2ccc3ccc(C)nc3c2O)cc1C. The van der Waals surface area contributed by atoms with E-state index < -0.39 is 0 Å². The number of rotatable bonds is 6. The highest BCUT2D eigenvalue weighted by atomic mass is 16.5. The summed E-state index contributed by atoms with van der Waals surface area (Å²) in [6.45, 7) is 6.56. The molecule has 5 nitrogen and oxygen atoms in total. The van der Waals surface area contributed by atoms with E-state index in [1.807, 2.05) is 81.6 Å². The number of anilines is 1. The maximum Gasteiger partial charge on any atom is 0.272 e. The smallest absolute Gasteiger partial charge is 0.272 e. The number of hydrogen-bond donors (Lipinski definition) is 2. The third-order valence-corrected chi connectivity index (χ3v) is 5.16. The molecule has 0 amide bonds. The Morgan fingerprint density at radius 1 is 1.07 bits per heavy atom. The number of ether oxygens (including phenoxy) is 1. The molecule has 0 aliphatic carbocycles. The quantitative estimate of drug-likeness (QED) is 0.479. The van der Waals surface area contributed by atoms with Crippen molar-refractivity contribution < 1.29 is 14.8 Å². The Bertz CT molecular complexity index is 1180. The van der Waals surface area contributed by atoms with Crippen molar-refractivity contribution in [3.63, 3.8) is 0 Å². The van der Waals surface area contributed by atoms with Gasteiger partial charge in [-0.2, -0.15) is 0 Å². The van der Waals surface area contributed by atoms with Crippen LogP contribution in [0.5, 0.6) is 11.5 Å². The van der Waals surface area contributed by atoms with Crippen LogP contribution in [0.3, 0.4) is 0 Å². The van der Waals surface area contributed by atoms with Crippen molar-refractivity contribution in [1.29, 1.82) is 0 Å². The summed E-state index contributed by atoms with van der Waals surface area (Å²) in [7, 11) is 0. The van der Waals surface area contributed by atoms with E-state index in [-0.39, 0.29) is 11.8 Å². The van der Waals surface area contributed by atoms with E-state index in [9.17, 15) is 5.11 Å². The predicted octanol–water partition coefficient (Wildman–Crippen LogP) is 4.97. The first-order valence-corrected chi connectivity index (χ1v) is 10.1. The predicted molar refractivity (Wildman–Crippen MR) is 119 cm³/mol. The molecule has 0 saturated heterocycles. The molecule has 4 rings (SSSR count). The average molecular weight is 401 g/mol. The zero-order valence-electron chi connectivity index (χ0n) is 17.4. The molecular formula is C25H26N3O2+. The van der Waals surface area contributed by atoms with Crippen LogP contribution in [0.2, 0.25) is 0 Å². The molecule has 3 N–H and O–H groups in total. The molecule has 0 radical (unpaired) electrons. The Hall–Kier alpha value is -3.60. The highest BCUT2D eigenvalue weighted by Crippen LogP contribution is 2.37. The van der Waals surface area contributed by atoms with Crippen LogP contribution in [0.1, 0.15) is 35.3 Å². The van der Waals surface area contributed by atoms with Gasteiger partial charge < -0.3 is 9.84 Å². The van der Waals surface area contributed by atoms with Gasteiger partial charge in [0.05, 0.1) is 12.8 Å². The Balaban J connectivity index is 1.84. The van der Waals surface area contributed by atoms with Gasteiger partial charge in [-0.3, -0.25) is 5.32 Å². The summed E-state index contributed by atoms with van der Waals surface area (Å²) in [5.41, 5.74) is 4.32. The zero-order valence-corrected chi connectivity index (χ0v) is 17.4. The lowest BCUT2D eigenvalue weighted by Crippen LogP contribution is -2.19. The second-order valence-corrected chi connectivity index (χ2v) is 7.34. The number of phenols is 1. The topological polar surface area (TPSA) is 68.5 Å². The van der Waals surface area contributed by atoms with Gasteiger partial charge in [0.2, 0.25) is 0 Å². The minimum absolute atomic E-state index is 0.191. The summed E-state index contributed by atoms with van der Waals surface area (Å²) in [4.78, 5) is 7.79. The van der Waals surface area contributed by atoms with Gasteiger partial charge in [-0.15, -0.1) is 0 Å². The van der Waals surface area contributed by atoms with E-state index in [0.717, 1.165) is 39.3 Å². The Morgan fingerprint density at radius 2 is 1.90 bits per heavy atom. The van der Waals surface area contributed by atoms with Crippen LogP contribution < -0.4 is 15.0 Å². The first-order chi connectivity index (χ1) is 14.6. The number of pyridine rings is 2. The van der Waals surface area contributed by atoms with Gasteiger partial charge in [-0.1, -0.05) is 24.3 Å². The number of H-pyrrole nitrogens is 1. The van der Waals surface area contributed by atoms with E-state index in [1.54, 1.807) is 0 Å². The first kappa shape index (κ1) is 19.7. The summed E-state index contributed by atoms with van der Waals surface area (Å²) in [6, 6.07) is 19.6. The summed E-state index contributed by atoms with van der Waals surface area (Å²) >= 11 is 0. The molecule has 2 heterocycles. The number of aromatic hydroxyl groups is 1. The molecule has 152 valence electrons. The standard InChI is InChI=1S/C25H25N3O2/c1-4-30-21-13-11-19(15-16(21)2)23(28-22-7-5-6-14-26-22)20-12-10-18-9-8-17(3)27-24(18)25(20)29/h5-15,23,29H,4H2,1-3H3,(H,26,28)/p+1/t23-/m0/s1. The van der Waals surface area contributed by atoms with Crippen molar-refractivity contribution in [2.75, 3.05) is 11.9 Å². The maximum atomic E-state index is 11.2. The van der Waals surface area contributed by atoms with Crippen molar-refractivity contribution in [3.05, 3.63) is 89.2 Å². The van der Waals surface area contributed by atoms with Crippen LogP contribution in [-0.2, 0) is 0 Å². The largest absolute Gasteiger partial charge is 0.505 e. The van der Waals surface area contributed by atoms with Gasteiger partial charge in [-0.25, -0.2) is 9.97 Å². The molecular weight excluding hydrogens is 374 g/mol. The molecule has 0 spiro atoms. The second-order valence-electron chi connectivity index (χ2n) is 7.34. The van der Waals surface area contributed by atoms with Crippen LogP contribution in [0.25, 0.3) is 10.9 Å². The number of aromatic amines is 1. The van der Waals surface area contributed by atoms with Crippen molar-refractivity contribution in [2.24, 2.45) is 0 Å². The minimum Gasteiger partial charge on any atom is -0.505 e. The van der Waals surface area contributed by atoms with Crippen LogP contribution in [0, 0.1) is 13.8 Å². The summed E-state index contributed by atoms with van der Waals surface area (Å²) in [5.74, 6) is 1.91. The lowest BCUT2D eigenvalue weighted by molar-refractivity contribution is -0.361. The average Bonchev–Trinajstić information content (AvgIpc) is 2.75. The third-order valence-electron chi connectivity index (χ3n) is 5.16. The molecule has 2 aromatic heterocycles. The van der Waals surface area contributed by atoms with E-state index in [4.69, 9.17) is 4.74 Å². The van der Waals surface area contributed by atoms with Crippen LogP contribution in [0.15, 0.2) is 66.9 Å². The number of aryl methyl sites for hydroxylation is 2.